The summed E-state index contributed by atoms with van der Waals surface area (Å²) >= 11 is 0. The Hall–Kier alpha value is -1.66. The number of amides is 1. The molecule has 0 aliphatic heterocycles. The Morgan fingerprint density at radius 3 is 1.16 bits per heavy atom. The number of aliphatic hydroxyl groups excluding tert-OH is 2. The molecule has 2 unspecified atom stereocenters. The smallest absolute Gasteiger partial charge is 0.305 e. The third-order valence-corrected chi connectivity index (χ3v) is 14.0. The molecule has 0 aromatic carbocycles. The Morgan fingerprint density at radius 2 is 0.746 bits per heavy atom. The molecule has 396 valence electrons. The van der Waals surface area contributed by atoms with Crippen LogP contribution < -0.4 is 5.32 Å². The molecule has 0 saturated heterocycles. The topological polar surface area (TPSA) is 95.9 Å². The minimum Gasteiger partial charge on any atom is -0.466 e. The molecule has 0 saturated carbocycles. The van der Waals surface area contributed by atoms with Gasteiger partial charge >= 0.3 is 5.97 Å². The lowest BCUT2D eigenvalue weighted by molar-refractivity contribution is -0.143. The lowest BCUT2D eigenvalue weighted by Crippen LogP contribution is -2.45. The number of esters is 1. The number of hydrogen-bond acceptors (Lipinski definition) is 5. The SMILES string of the molecule is CCCCC/C=C\C/C=C\CCCCCCCCCC(=O)OCCCCCCCCCCCCCCC(=O)NC(CO)C(O)CCCCCCCCCCCCCCCCCCCCCCC. The van der Waals surface area contributed by atoms with Gasteiger partial charge in [0.1, 0.15) is 0 Å². The molecule has 0 aliphatic rings. The number of rotatable bonds is 56. The molecule has 3 N–H and O–H groups in total. The maximum Gasteiger partial charge on any atom is 0.305 e. The highest BCUT2D eigenvalue weighted by molar-refractivity contribution is 5.76. The summed E-state index contributed by atoms with van der Waals surface area (Å²) in [5.41, 5.74) is 0. The zero-order chi connectivity index (χ0) is 48.6. The molecule has 0 aliphatic carbocycles. The summed E-state index contributed by atoms with van der Waals surface area (Å²) in [5, 5.41) is 23.3. The summed E-state index contributed by atoms with van der Waals surface area (Å²) in [5.74, 6) is -0.0640. The Kier molecular flexibility index (Phi) is 55.5. The van der Waals surface area contributed by atoms with Crippen molar-refractivity contribution < 1.29 is 24.5 Å². The largest absolute Gasteiger partial charge is 0.466 e. The van der Waals surface area contributed by atoms with E-state index < -0.39 is 12.1 Å². The second kappa shape index (κ2) is 56.9. The zero-order valence-electron chi connectivity index (χ0n) is 45.1. The Labute approximate surface area is 418 Å². The van der Waals surface area contributed by atoms with E-state index in [4.69, 9.17) is 4.74 Å². The number of nitrogens with one attached hydrogen (secondary N) is 1. The fourth-order valence-electron chi connectivity index (χ4n) is 9.38. The van der Waals surface area contributed by atoms with Crippen molar-refractivity contribution in [2.45, 2.75) is 341 Å². The fraction of sp³-hybridized carbons (Fsp3) is 0.902. The van der Waals surface area contributed by atoms with Crippen molar-refractivity contribution in [2.24, 2.45) is 0 Å². The molecule has 1 amide bonds. The van der Waals surface area contributed by atoms with Gasteiger partial charge in [0.05, 0.1) is 25.4 Å². The minimum absolute atomic E-state index is 0.0160. The number of carbonyl (C=O) groups excluding carboxylic acids is 2. The van der Waals surface area contributed by atoms with Gasteiger partial charge in [0.15, 0.2) is 0 Å². The van der Waals surface area contributed by atoms with Crippen LogP contribution in [-0.4, -0.2) is 47.4 Å². The Morgan fingerprint density at radius 1 is 0.418 bits per heavy atom. The molecular formula is C61H117NO5. The van der Waals surface area contributed by atoms with E-state index in [0.29, 0.717) is 25.9 Å². The summed E-state index contributed by atoms with van der Waals surface area (Å²) < 4.78 is 5.47. The van der Waals surface area contributed by atoms with E-state index in [2.05, 4.69) is 43.5 Å². The van der Waals surface area contributed by atoms with Crippen LogP contribution in [0, 0.1) is 0 Å². The molecule has 2 atom stereocenters. The third-order valence-electron chi connectivity index (χ3n) is 14.0. The van der Waals surface area contributed by atoms with Gasteiger partial charge in [-0.25, -0.2) is 0 Å². The molecule has 0 heterocycles. The van der Waals surface area contributed by atoms with Gasteiger partial charge < -0.3 is 20.3 Å². The van der Waals surface area contributed by atoms with Gasteiger partial charge in [-0.05, 0) is 57.8 Å². The molecule has 0 fully saturated rings. The van der Waals surface area contributed by atoms with Crippen molar-refractivity contribution in [3.8, 4) is 0 Å². The number of unbranched alkanes of at least 4 members (excludes halogenated alkanes) is 41. The van der Waals surface area contributed by atoms with Crippen molar-refractivity contribution in [1.82, 2.24) is 5.32 Å². The molecule has 0 aromatic heterocycles. The molecule has 6 heteroatoms. The van der Waals surface area contributed by atoms with Crippen molar-refractivity contribution in [2.75, 3.05) is 13.2 Å². The van der Waals surface area contributed by atoms with Gasteiger partial charge in [-0.1, -0.05) is 282 Å². The highest BCUT2D eigenvalue weighted by Gasteiger charge is 2.20. The first kappa shape index (κ1) is 65.3. The van der Waals surface area contributed by atoms with Crippen LogP contribution in [0.2, 0.25) is 0 Å². The highest BCUT2D eigenvalue weighted by atomic mass is 16.5. The van der Waals surface area contributed by atoms with Crippen molar-refractivity contribution in [3.63, 3.8) is 0 Å². The predicted molar refractivity (Wildman–Crippen MR) is 292 cm³/mol. The van der Waals surface area contributed by atoms with Gasteiger partial charge in [-0.3, -0.25) is 9.59 Å². The number of carbonyl (C=O) groups is 2. The van der Waals surface area contributed by atoms with E-state index in [-0.39, 0.29) is 18.5 Å². The van der Waals surface area contributed by atoms with E-state index in [1.165, 1.54) is 231 Å². The first-order valence-corrected chi connectivity index (χ1v) is 30.1. The zero-order valence-corrected chi connectivity index (χ0v) is 45.1. The van der Waals surface area contributed by atoms with Crippen LogP contribution in [0.4, 0.5) is 0 Å². The lowest BCUT2D eigenvalue weighted by Gasteiger charge is -2.22. The van der Waals surface area contributed by atoms with Gasteiger partial charge in [0, 0.05) is 12.8 Å². The number of ether oxygens (including phenoxy) is 1. The summed E-state index contributed by atoms with van der Waals surface area (Å²) in [4.78, 5) is 24.6. The third kappa shape index (κ3) is 53.5. The fourth-order valence-corrected chi connectivity index (χ4v) is 9.38. The molecule has 0 rings (SSSR count). The van der Waals surface area contributed by atoms with Crippen LogP contribution in [0.3, 0.4) is 0 Å². The van der Waals surface area contributed by atoms with E-state index in [0.717, 1.165) is 64.2 Å². The van der Waals surface area contributed by atoms with E-state index in [1.807, 2.05) is 0 Å². The number of aliphatic hydroxyl groups is 2. The average Bonchev–Trinajstić information content (AvgIpc) is 3.33. The Balaban J connectivity index is 3.45. The second-order valence-corrected chi connectivity index (χ2v) is 20.7. The van der Waals surface area contributed by atoms with Crippen LogP contribution in [-0.2, 0) is 14.3 Å². The van der Waals surface area contributed by atoms with Crippen LogP contribution in [0.1, 0.15) is 328 Å². The normalized spacial score (nSPS) is 12.7. The van der Waals surface area contributed by atoms with Gasteiger partial charge in [-0.15, -0.1) is 0 Å². The number of hydrogen-bond donors (Lipinski definition) is 3. The van der Waals surface area contributed by atoms with Crippen LogP contribution in [0.5, 0.6) is 0 Å². The standard InChI is InChI=1S/C61H117NO5/c1-3-5-7-9-11-13-15-17-19-21-22-23-24-26-27-29-33-37-41-45-49-53-59(64)58(57-63)62-60(65)54-50-46-42-38-34-31-32-36-40-44-48-52-56-67-61(66)55-51-47-43-39-35-30-28-25-20-18-16-14-12-10-8-6-4-2/h12,14,18,20,58-59,63-64H,3-11,13,15-17,19,21-57H2,1-2H3,(H,62,65)/b14-12-,20-18-. The maximum absolute atomic E-state index is 12.5. The molecule has 67 heavy (non-hydrogen) atoms. The summed E-state index contributed by atoms with van der Waals surface area (Å²) in [6.07, 6.45) is 68.8. The molecular weight excluding hydrogens is 827 g/mol. The van der Waals surface area contributed by atoms with Crippen LogP contribution in [0.25, 0.3) is 0 Å². The second-order valence-electron chi connectivity index (χ2n) is 20.7. The van der Waals surface area contributed by atoms with Gasteiger partial charge in [-0.2, -0.15) is 0 Å². The lowest BCUT2D eigenvalue weighted by atomic mass is 10.0. The Bertz CT molecular complexity index is 1040. The van der Waals surface area contributed by atoms with Gasteiger partial charge in [0.2, 0.25) is 5.91 Å². The molecule has 0 radical (unpaired) electrons. The van der Waals surface area contributed by atoms with Crippen molar-refractivity contribution >= 4 is 11.9 Å². The highest BCUT2D eigenvalue weighted by Crippen LogP contribution is 2.18. The monoisotopic (exact) mass is 944 g/mol. The van der Waals surface area contributed by atoms with Crippen molar-refractivity contribution in [1.29, 1.82) is 0 Å². The summed E-state index contributed by atoms with van der Waals surface area (Å²) in [6, 6.07) is -0.555. The number of allylic oxidation sites excluding steroid dienone is 4. The van der Waals surface area contributed by atoms with Gasteiger partial charge in [0.25, 0.3) is 0 Å². The van der Waals surface area contributed by atoms with E-state index in [1.54, 1.807) is 0 Å². The first-order chi connectivity index (χ1) is 33.0. The minimum atomic E-state index is -0.676. The van der Waals surface area contributed by atoms with E-state index in [9.17, 15) is 19.8 Å². The summed E-state index contributed by atoms with van der Waals surface area (Å²) in [7, 11) is 0. The first-order valence-electron chi connectivity index (χ1n) is 30.1. The average molecular weight is 945 g/mol. The molecule has 0 spiro atoms. The molecule has 0 aromatic rings. The molecule has 6 nitrogen and oxygen atoms in total. The van der Waals surface area contributed by atoms with Crippen LogP contribution >= 0.6 is 0 Å². The van der Waals surface area contributed by atoms with Crippen molar-refractivity contribution in [3.05, 3.63) is 24.3 Å². The quantitative estimate of drug-likeness (QED) is 0.0321. The van der Waals surface area contributed by atoms with Crippen LogP contribution in [0.15, 0.2) is 24.3 Å². The maximum atomic E-state index is 12.5. The summed E-state index contributed by atoms with van der Waals surface area (Å²) in [6.45, 7) is 4.91. The predicted octanol–water partition coefficient (Wildman–Crippen LogP) is 18.6. The van der Waals surface area contributed by atoms with E-state index >= 15 is 0 Å². The molecule has 0 bridgehead atoms.